The number of fused-ring (bicyclic) bond motifs is 3. The van der Waals surface area contributed by atoms with E-state index in [4.69, 9.17) is 10.6 Å². The van der Waals surface area contributed by atoms with E-state index >= 15 is 0 Å². The fraction of sp³-hybridized carbons (Fsp3) is 0.0588. The van der Waals surface area contributed by atoms with Crippen LogP contribution in [0.2, 0.25) is 0 Å². The number of ether oxygens (including phenoxy) is 1. The van der Waals surface area contributed by atoms with E-state index in [0.717, 1.165) is 10.8 Å². The van der Waals surface area contributed by atoms with Crippen molar-refractivity contribution < 1.29 is 9.84 Å². The molecule has 2 aromatic heterocycles. The summed E-state index contributed by atoms with van der Waals surface area (Å²) in [6, 6.07) is 12.7. The van der Waals surface area contributed by atoms with Gasteiger partial charge in [-0.05, 0) is 12.1 Å². The zero-order valence-electron chi connectivity index (χ0n) is 13.3. The predicted octanol–water partition coefficient (Wildman–Crippen LogP) is 1.70. The van der Waals surface area contributed by atoms with Crippen LogP contribution < -0.4 is 10.6 Å². The molecule has 0 atom stereocenters. The van der Waals surface area contributed by atoms with Crippen molar-refractivity contribution in [2.45, 2.75) is 0 Å². The Bertz CT molecular complexity index is 1120. The Hall–Kier alpha value is -3.68. The number of phenols is 1. The molecule has 4 rings (SSSR count). The van der Waals surface area contributed by atoms with Gasteiger partial charge in [0.1, 0.15) is 17.7 Å². The monoisotopic (exact) mass is 334 g/mol. The Balaban J connectivity index is 2.05. The zero-order valence-corrected chi connectivity index (χ0v) is 13.3. The second-order valence-electron chi connectivity index (χ2n) is 5.33. The van der Waals surface area contributed by atoms with Crippen molar-refractivity contribution >= 4 is 22.1 Å². The SMILES string of the molecule is COc1cccc(/C(=N\N)c2nn3cnnc3c3ccccc23)c1O. The summed E-state index contributed by atoms with van der Waals surface area (Å²) in [7, 11) is 1.48. The van der Waals surface area contributed by atoms with Gasteiger partial charge in [0.05, 0.1) is 7.11 Å². The van der Waals surface area contributed by atoms with Crippen LogP contribution >= 0.6 is 0 Å². The summed E-state index contributed by atoms with van der Waals surface area (Å²) in [5.41, 5.74) is 1.90. The average Bonchev–Trinajstić information content (AvgIpc) is 3.12. The van der Waals surface area contributed by atoms with E-state index in [1.807, 2.05) is 24.3 Å². The molecule has 0 bridgehead atoms. The normalized spacial score (nSPS) is 12.0. The summed E-state index contributed by atoms with van der Waals surface area (Å²) >= 11 is 0. The number of phenolic OH excluding ortho intramolecular Hbond substituents is 1. The molecule has 0 spiro atoms. The first kappa shape index (κ1) is 14.9. The second kappa shape index (κ2) is 5.75. The first-order chi connectivity index (χ1) is 12.2. The average molecular weight is 334 g/mol. The number of nitrogens with zero attached hydrogens (tertiary/aromatic N) is 5. The van der Waals surface area contributed by atoms with Gasteiger partial charge in [-0.25, -0.2) is 0 Å². The Kier molecular flexibility index (Phi) is 3.42. The molecule has 2 heterocycles. The number of para-hydroxylation sites is 1. The van der Waals surface area contributed by atoms with E-state index in [1.165, 1.54) is 13.4 Å². The van der Waals surface area contributed by atoms with E-state index in [1.54, 1.807) is 22.7 Å². The van der Waals surface area contributed by atoms with Gasteiger partial charge in [0.2, 0.25) is 0 Å². The topological polar surface area (TPSA) is 111 Å². The Morgan fingerprint density at radius 3 is 2.72 bits per heavy atom. The molecule has 0 aliphatic carbocycles. The minimum atomic E-state index is -0.0519. The highest BCUT2D eigenvalue weighted by molar-refractivity contribution is 6.20. The lowest BCUT2D eigenvalue weighted by atomic mass is 10.0. The van der Waals surface area contributed by atoms with Crippen molar-refractivity contribution in [2.24, 2.45) is 10.9 Å². The zero-order chi connectivity index (χ0) is 17.4. The summed E-state index contributed by atoms with van der Waals surface area (Å²) in [5, 5.41) is 28.6. The summed E-state index contributed by atoms with van der Waals surface area (Å²) < 4.78 is 6.73. The van der Waals surface area contributed by atoms with Gasteiger partial charge in [-0.15, -0.1) is 10.2 Å². The van der Waals surface area contributed by atoms with E-state index in [0.29, 0.717) is 28.4 Å². The Labute approximate surface area is 142 Å². The molecule has 3 N–H and O–H groups in total. The highest BCUT2D eigenvalue weighted by Gasteiger charge is 2.20. The molecule has 0 amide bonds. The third-order valence-electron chi connectivity index (χ3n) is 3.99. The highest BCUT2D eigenvalue weighted by Crippen LogP contribution is 2.32. The van der Waals surface area contributed by atoms with Crippen molar-refractivity contribution in [3.63, 3.8) is 0 Å². The molecule has 4 aromatic rings. The number of nitrogens with two attached hydrogens (primary N) is 1. The van der Waals surface area contributed by atoms with Gasteiger partial charge in [0.25, 0.3) is 0 Å². The number of methoxy groups -OCH3 is 1. The van der Waals surface area contributed by atoms with Gasteiger partial charge in [-0.3, -0.25) is 0 Å². The summed E-state index contributed by atoms with van der Waals surface area (Å²) in [5.74, 6) is 5.94. The molecular weight excluding hydrogens is 320 g/mol. The van der Waals surface area contributed by atoms with E-state index in [2.05, 4.69) is 20.4 Å². The lowest BCUT2D eigenvalue weighted by molar-refractivity contribution is 0.373. The molecule has 2 aromatic carbocycles. The number of rotatable bonds is 3. The lowest BCUT2D eigenvalue weighted by Gasteiger charge is -2.12. The molecule has 0 saturated heterocycles. The van der Waals surface area contributed by atoms with Crippen LogP contribution in [0.5, 0.6) is 11.5 Å². The number of aromatic nitrogens is 4. The van der Waals surface area contributed by atoms with E-state index < -0.39 is 0 Å². The van der Waals surface area contributed by atoms with Crippen LogP contribution in [0.15, 0.2) is 53.9 Å². The molecule has 124 valence electrons. The molecule has 0 aliphatic rings. The number of benzene rings is 2. The van der Waals surface area contributed by atoms with Gasteiger partial charge in [-0.2, -0.15) is 14.7 Å². The maximum Gasteiger partial charge on any atom is 0.185 e. The maximum absolute atomic E-state index is 10.5. The lowest BCUT2D eigenvalue weighted by Crippen LogP contribution is -2.12. The van der Waals surface area contributed by atoms with E-state index in [9.17, 15) is 5.11 Å². The van der Waals surface area contributed by atoms with Crippen LogP contribution in [0.25, 0.3) is 16.4 Å². The smallest absolute Gasteiger partial charge is 0.185 e. The van der Waals surface area contributed by atoms with Gasteiger partial charge < -0.3 is 15.7 Å². The third kappa shape index (κ3) is 2.23. The van der Waals surface area contributed by atoms with Gasteiger partial charge >= 0.3 is 0 Å². The van der Waals surface area contributed by atoms with Crippen molar-refractivity contribution in [1.82, 2.24) is 19.8 Å². The molecule has 0 saturated carbocycles. The third-order valence-corrected chi connectivity index (χ3v) is 3.99. The van der Waals surface area contributed by atoms with Crippen molar-refractivity contribution in [3.05, 3.63) is 60.0 Å². The van der Waals surface area contributed by atoms with Crippen LogP contribution in [0, 0.1) is 0 Å². The first-order valence-corrected chi connectivity index (χ1v) is 7.48. The fourth-order valence-corrected chi connectivity index (χ4v) is 2.84. The standard InChI is InChI=1S/C17H14N6O2/c1-25-13-8-4-7-12(16(13)24)14(20-18)15-10-5-2-3-6-11(10)17-21-19-9-23(17)22-15/h2-9,24H,18H2,1H3/b20-14+. The molecule has 0 radical (unpaired) electrons. The minimum Gasteiger partial charge on any atom is -0.504 e. The largest absolute Gasteiger partial charge is 0.504 e. The van der Waals surface area contributed by atoms with E-state index in [-0.39, 0.29) is 5.75 Å². The Morgan fingerprint density at radius 1 is 1.16 bits per heavy atom. The Morgan fingerprint density at radius 2 is 1.96 bits per heavy atom. The van der Waals surface area contributed by atoms with Crippen LogP contribution in [-0.4, -0.2) is 37.7 Å². The van der Waals surface area contributed by atoms with Gasteiger partial charge in [0.15, 0.2) is 17.1 Å². The van der Waals surface area contributed by atoms with Gasteiger partial charge in [-0.1, -0.05) is 30.3 Å². The molecule has 0 unspecified atom stereocenters. The molecular formula is C17H14N6O2. The molecule has 8 nitrogen and oxygen atoms in total. The molecule has 0 fully saturated rings. The number of hydrogen-bond acceptors (Lipinski definition) is 7. The minimum absolute atomic E-state index is 0.0519. The second-order valence-corrected chi connectivity index (χ2v) is 5.33. The number of hydrazone groups is 1. The summed E-state index contributed by atoms with van der Waals surface area (Å²) in [6.07, 6.45) is 1.50. The first-order valence-electron chi connectivity index (χ1n) is 7.48. The number of aromatic hydroxyl groups is 1. The quantitative estimate of drug-likeness (QED) is 0.335. The van der Waals surface area contributed by atoms with Crippen LogP contribution in [-0.2, 0) is 0 Å². The van der Waals surface area contributed by atoms with Crippen LogP contribution in [0.1, 0.15) is 11.3 Å². The molecule has 25 heavy (non-hydrogen) atoms. The highest BCUT2D eigenvalue weighted by atomic mass is 16.5. The van der Waals surface area contributed by atoms with Gasteiger partial charge in [0, 0.05) is 16.3 Å². The maximum atomic E-state index is 10.5. The molecule has 0 aliphatic heterocycles. The van der Waals surface area contributed by atoms with Crippen molar-refractivity contribution in [3.8, 4) is 11.5 Å². The fourth-order valence-electron chi connectivity index (χ4n) is 2.84. The van der Waals surface area contributed by atoms with Crippen LogP contribution in [0.3, 0.4) is 0 Å². The summed E-state index contributed by atoms with van der Waals surface area (Å²) in [4.78, 5) is 0. The van der Waals surface area contributed by atoms with Crippen molar-refractivity contribution in [1.29, 1.82) is 0 Å². The summed E-state index contributed by atoms with van der Waals surface area (Å²) in [6.45, 7) is 0. The predicted molar refractivity (Wildman–Crippen MR) is 92.8 cm³/mol. The van der Waals surface area contributed by atoms with Crippen LogP contribution in [0.4, 0.5) is 0 Å². The number of hydrogen-bond donors (Lipinski definition) is 2. The van der Waals surface area contributed by atoms with Crippen molar-refractivity contribution in [2.75, 3.05) is 7.11 Å². The molecule has 8 heteroatoms.